The van der Waals surface area contributed by atoms with Crippen LogP contribution in [0.1, 0.15) is 28.7 Å². The van der Waals surface area contributed by atoms with Crippen molar-refractivity contribution in [1.82, 2.24) is 15.3 Å². The Balaban J connectivity index is 1.79. The summed E-state index contributed by atoms with van der Waals surface area (Å²) in [7, 11) is 0. The number of carbonyl (C=O) groups excluding carboxylic acids is 2. The number of nitrogens with one attached hydrogen (secondary N) is 1. The van der Waals surface area contributed by atoms with Crippen LogP contribution in [0.3, 0.4) is 0 Å². The van der Waals surface area contributed by atoms with E-state index in [2.05, 4.69) is 15.3 Å². The zero-order valence-corrected chi connectivity index (χ0v) is 21.1. The van der Waals surface area contributed by atoms with Gasteiger partial charge < -0.3 is 20.9 Å². The van der Waals surface area contributed by atoms with Crippen molar-refractivity contribution in [2.75, 3.05) is 13.2 Å². The van der Waals surface area contributed by atoms with E-state index in [9.17, 15) is 32.3 Å². The van der Waals surface area contributed by atoms with Crippen molar-refractivity contribution < 1.29 is 37.0 Å². The molecule has 208 valence electrons. The van der Waals surface area contributed by atoms with Crippen molar-refractivity contribution in [1.29, 1.82) is 0 Å². The number of para-hydroxylation sites is 1. The first-order valence-electron chi connectivity index (χ1n) is 12.1. The molecule has 0 aliphatic heterocycles. The largest absolute Gasteiger partial charge is 0.491 e. The van der Waals surface area contributed by atoms with Gasteiger partial charge in [-0.2, -0.15) is 13.2 Å². The average Bonchev–Trinajstić information content (AvgIpc) is 2.91. The SMILES string of the molecule is CCOc1c(CC(N)=O)cc([C@@](O)(CNC(=O)c2ccc3ccccc3n2)C(F)(F)F)nc1-c1ccc(F)cc1. The van der Waals surface area contributed by atoms with Crippen molar-refractivity contribution in [3.05, 3.63) is 89.5 Å². The lowest BCUT2D eigenvalue weighted by Crippen LogP contribution is -2.51. The highest BCUT2D eigenvalue weighted by Gasteiger charge is 2.56. The van der Waals surface area contributed by atoms with Crippen LogP contribution in [-0.2, 0) is 16.8 Å². The molecule has 8 nitrogen and oxygen atoms in total. The van der Waals surface area contributed by atoms with Gasteiger partial charge in [-0.15, -0.1) is 0 Å². The molecule has 0 bridgehead atoms. The second-order valence-corrected chi connectivity index (χ2v) is 8.86. The number of halogens is 4. The average molecular weight is 557 g/mol. The summed E-state index contributed by atoms with van der Waals surface area (Å²) in [5.74, 6) is -2.50. The number of benzene rings is 2. The molecule has 4 aromatic rings. The van der Waals surface area contributed by atoms with E-state index < -0.39 is 48.1 Å². The van der Waals surface area contributed by atoms with Crippen molar-refractivity contribution in [3.8, 4) is 17.0 Å². The van der Waals surface area contributed by atoms with Crippen molar-refractivity contribution in [3.63, 3.8) is 0 Å². The van der Waals surface area contributed by atoms with Crippen LogP contribution in [0.2, 0.25) is 0 Å². The molecular formula is C28H24F4N4O4. The number of fused-ring (bicyclic) bond motifs is 1. The molecule has 0 saturated carbocycles. The van der Waals surface area contributed by atoms with Crippen LogP contribution < -0.4 is 15.8 Å². The van der Waals surface area contributed by atoms with Crippen molar-refractivity contribution >= 4 is 22.7 Å². The van der Waals surface area contributed by atoms with Crippen LogP contribution in [0.5, 0.6) is 5.75 Å². The number of hydrogen-bond donors (Lipinski definition) is 3. The second kappa shape index (κ2) is 11.3. The summed E-state index contributed by atoms with van der Waals surface area (Å²) in [5, 5.41) is 13.9. The molecule has 12 heteroatoms. The number of nitrogens with two attached hydrogens (primary N) is 1. The summed E-state index contributed by atoms with van der Waals surface area (Å²) in [4.78, 5) is 32.8. The molecule has 0 spiro atoms. The molecule has 2 aromatic heterocycles. The predicted octanol–water partition coefficient (Wildman–Crippen LogP) is 4.04. The fraction of sp³-hybridized carbons (Fsp3) is 0.214. The van der Waals surface area contributed by atoms with Crippen LogP contribution >= 0.6 is 0 Å². The highest BCUT2D eigenvalue weighted by Crippen LogP contribution is 2.42. The maximum Gasteiger partial charge on any atom is 0.424 e. The maximum atomic E-state index is 14.5. The molecular weight excluding hydrogens is 532 g/mol. The highest BCUT2D eigenvalue weighted by molar-refractivity contribution is 5.95. The number of hydrogen-bond acceptors (Lipinski definition) is 6. The van der Waals surface area contributed by atoms with E-state index in [0.29, 0.717) is 5.52 Å². The molecule has 2 amide bonds. The van der Waals surface area contributed by atoms with Crippen LogP contribution in [-0.4, -0.2) is 46.2 Å². The smallest absolute Gasteiger partial charge is 0.424 e. The molecule has 0 fully saturated rings. The van der Waals surface area contributed by atoms with Gasteiger partial charge in [-0.25, -0.2) is 14.4 Å². The number of ether oxygens (including phenoxy) is 1. The normalized spacial score (nSPS) is 13.1. The lowest BCUT2D eigenvalue weighted by atomic mass is 9.93. The summed E-state index contributed by atoms with van der Waals surface area (Å²) in [6, 6.07) is 15.3. The number of nitrogens with zero attached hydrogens (tertiary/aromatic N) is 2. The van der Waals surface area contributed by atoms with Gasteiger partial charge in [0.05, 0.1) is 30.8 Å². The molecule has 0 aliphatic rings. The first-order chi connectivity index (χ1) is 18.9. The van der Waals surface area contributed by atoms with Gasteiger partial charge in [-0.1, -0.05) is 24.3 Å². The minimum atomic E-state index is -5.33. The first-order valence-corrected chi connectivity index (χ1v) is 12.1. The lowest BCUT2D eigenvalue weighted by Gasteiger charge is -2.31. The molecule has 0 radical (unpaired) electrons. The van der Waals surface area contributed by atoms with Crippen molar-refractivity contribution in [2.45, 2.75) is 25.1 Å². The monoisotopic (exact) mass is 556 g/mol. The lowest BCUT2D eigenvalue weighted by molar-refractivity contribution is -0.265. The van der Waals surface area contributed by atoms with Gasteiger partial charge in [-0.05, 0) is 49.4 Å². The number of rotatable bonds is 9. The third-order valence-corrected chi connectivity index (χ3v) is 6.05. The minimum Gasteiger partial charge on any atom is -0.491 e. The van der Waals surface area contributed by atoms with E-state index in [1.54, 1.807) is 37.3 Å². The Hall–Kier alpha value is -4.58. The Kier molecular flexibility index (Phi) is 8.01. The van der Waals surface area contributed by atoms with E-state index in [4.69, 9.17) is 10.5 Å². The molecule has 2 heterocycles. The van der Waals surface area contributed by atoms with Gasteiger partial charge in [0.2, 0.25) is 11.5 Å². The fourth-order valence-electron chi connectivity index (χ4n) is 4.05. The van der Waals surface area contributed by atoms with Gasteiger partial charge in [-0.3, -0.25) is 9.59 Å². The first kappa shape index (κ1) is 28.4. The number of pyridine rings is 2. The Morgan fingerprint density at radius 3 is 2.38 bits per heavy atom. The topological polar surface area (TPSA) is 127 Å². The quantitative estimate of drug-likeness (QED) is 0.267. The standard InChI is InChI=1S/C28H24F4N4O4/c1-2-40-25-18(14-23(33)37)13-22(36-24(25)17-7-10-19(29)11-8-17)27(39,28(30,31)32)15-34-26(38)21-12-9-16-5-3-4-6-20(16)35-21/h3-13,39H,2,14-15H2,1H3,(H2,33,37)(H,34,38)/t27-/m0/s1. The van der Waals surface area contributed by atoms with E-state index >= 15 is 0 Å². The number of primary amides is 1. The van der Waals surface area contributed by atoms with Crippen LogP contribution in [0.4, 0.5) is 17.6 Å². The summed E-state index contributed by atoms with van der Waals surface area (Å²) in [6.45, 7) is 0.335. The Morgan fingerprint density at radius 2 is 1.73 bits per heavy atom. The third-order valence-electron chi connectivity index (χ3n) is 6.05. The number of amides is 2. The number of carbonyl (C=O) groups is 2. The number of aliphatic hydroxyl groups is 1. The van der Waals surface area contributed by atoms with Gasteiger partial charge in [0, 0.05) is 16.5 Å². The Labute approximate surface area is 225 Å². The van der Waals surface area contributed by atoms with E-state index in [0.717, 1.165) is 23.6 Å². The highest BCUT2D eigenvalue weighted by atomic mass is 19.4. The molecule has 1 atom stereocenters. The molecule has 0 unspecified atom stereocenters. The molecule has 0 saturated heterocycles. The molecule has 40 heavy (non-hydrogen) atoms. The van der Waals surface area contributed by atoms with E-state index in [1.807, 2.05) is 0 Å². The molecule has 0 aliphatic carbocycles. The third kappa shape index (κ3) is 5.86. The summed E-state index contributed by atoms with van der Waals surface area (Å²) in [5.41, 5.74) is 0.894. The molecule has 4 N–H and O–H groups in total. The maximum absolute atomic E-state index is 14.5. The molecule has 2 aromatic carbocycles. The zero-order valence-electron chi connectivity index (χ0n) is 21.1. The molecule has 4 rings (SSSR count). The summed E-state index contributed by atoms with van der Waals surface area (Å²) < 4.78 is 62.5. The zero-order chi connectivity index (χ0) is 29.1. The number of alkyl halides is 3. The second-order valence-electron chi connectivity index (χ2n) is 8.86. The van der Waals surface area contributed by atoms with Crippen LogP contribution in [0.25, 0.3) is 22.2 Å². The predicted molar refractivity (Wildman–Crippen MR) is 138 cm³/mol. The van der Waals surface area contributed by atoms with Gasteiger partial charge >= 0.3 is 6.18 Å². The number of aromatic nitrogens is 2. The van der Waals surface area contributed by atoms with E-state index in [-0.39, 0.29) is 34.9 Å². The fourth-order valence-corrected chi connectivity index (χ4v) is 4.05. The minimum absolute atomic E-state index is 0.0504. The summed E-state index contributed by atoms with van der Waals surface area (Å²) in [6.07, 6.45) is -5.87. The van der Waals surface area contributed by atoms with Gasteiger partial charge in [0.25, 0.3) is 5.91 Å². The Morgan fingerprint density at radius 1 is 1.02 bits per heavy atom. The van der Waals surface area contributed by atoms with Crippen molar-refractivity contribution in [2.24, 2.45) is 5.73 Å². The van der Waals surface area contributed by atoms with Gasteiger partial charge in [0.1, 0.15) is 23.0 Å². The van der Waals surface area contributed by atoms with Gasteiger partial charge in [0.15, 0.2) is 0 Å². The van der Waals surface area contributed by atoms with Crippen LogP contribution in [0.15, 0.2) is 66.7 Å². The van der Waals surface area contributed by atoms with Crippen LogP contribution in [0, 0.1) is 5.82 Å². The summed E-state index contributed by atoms with van der Waals surface area (Å²) >= 11 is 0. The van der Waals surface area contributed by atoms with E-state index in [1.165, 1.54) is 18.2 Å². The Bertz CT molecular complexity index is 1560.